The molecule has 4 nitrogen and oxygen atoms in total. The van der Waals surface area contributed by atoms with Crippen molar-refractivity contribution in [2.75, 3.05) is 5.32 Å². The maximum absolute atomic E-state index is 12.9. The van der Waals surface area contributed by atoms with Crippen LogP contribution in [0.4, 0.5) is 14.5 Å². The molecule has 138 valence electrons. The molecular formula is C16H12Cl3F2N3OS. The molecule has 3 N–H and O–H groups in total. The minimum atomic E-state index is -1.94. The molecule has 0 saturated heterocycles. The molecule has 26 heavy (non-hydrogen) atoms. The van der Waals surface area contributed by atoms with Gasteiger partial charge >= 0.3 is 0 Å². The first-order valence-corrected chi connectivity index (χ1v) is 8.65. The molecule has 10 heteroatoms. The Morgan fingerprint density at radius 3 is 1.92 bits per heavy atom. The largest absolute Gasteiger partial charge is 0.339 e. The number of amides is 1. The summed E-state index contributed by atoms with van der Waals surface area (Å²) in [4.78, 5) is 12.2. The van der Waals surface area contributed by atoms with Crippen LogP contribution in [-0.4, -0.2) is 21.0 Å². The van der Waals surface area contributed by atoms with Gasteiger partial charge in [-0.25, -0.2) is 8.78 Å². The lowest BCUT2D eigenvalue weighted by Gasteiger charge is -2.27. The number of carbonyl (C=O) groups is 1. The van der Waals surface area contributed by atoms with Crippen molar-refractivity contribution >= 4 is 63.7 Å². The summed E-state index contributed by atoms with van der Waals surface area (Å²) in [5.74, 6) is -1.49. The lowest BCUT2D eigenvalue weighted by Crippen LogP contribution is -2.56. The van der Waals surface area contributed by atoms with Crippen molar-refractivity contribution in [2.24, 2.45) is 0 Å². The molecule has 2 aromatic rings. The first kappa shape index (κ1) is 20.6. The van der Waals surface area contributed by atoms with Gasteiger partial charge < -0.3 is 16.0 Å². The van der Waals surface area contributed by atoms with Gasteiger partial charge in [-0.15, -0.1) is 0 Å². The molecule has 1 amide bonds. The van der Waals surface area contributed by atoms with E-state index in [2.05, 4.69) is 16.0 Å². The standard InChI is InChI=1S/C16H12Cl3F2N3OS/c17-16(18,19)14(23-13(25)9-1-3-10(20)4-2-9)24-15(26)22-12-7-5-11(21)6-8-12/h1-8,14H,(H,23,25)(H2,22,24,26)/t14-/m1/s1. The average molecular weight is 439 g/mol. The van der Waals surface area contributed by atoms with Crippen molar-refractivity contribution in [3.8, 4) is 0 Å². The van der Waals surface area contributed by atoms with Gasteiger partial charge in [-0.3, -0.25) is 4.79 Å². The van der Waals surface area contributed by atoms with Crippen LogP contribution in [0.2, 0.25) is 0 Å². The zero-order chi connectivity index (χ0) is 19.3. The van der Waals surface area contributed by atoms with Crippen molar-refractivity contribution in [1.29, 1.82) is 0 Å². The first-order chi connectivity index (χ1) is 12.1. The van der Waals surface area contributed by atoms with Gasteiger partial charge in [0, 0.05) is 11.3 Å². The van der Waals surface area contributed by atoms with Crippen LogP contribution in [-0.2, 0) is 0 Å². The van der Waals surface area contributed by atoms with Crippen molar-refractivity contribution in [3.63, 3.8) is 0 Å². The Labute approximate surface area is 168 Å². The molecule has 0 aliphatic heterocycles. The number of rotatable bonds is 4. The van der Waals surface area contributed by atoms with Gasteiger partial charge in [0.25, 0.3) is 5.91 Å². The number of nitrogens with one attached hydrogen (secondary N) is 3. The number of alkyl halides is 3. The summed E-state index contributed by atoms with van der Waals surface area (Å²) in [5, 5.41) is 7.92. The lowest BCUT2D eigenvalue weighted by atomic mass is 10.2. The Bertz CT molecular complexity index is 783. The van der Waals surface area contributed by atoms with E-state index in [-0.39, 0.29) is 10.7 Å². The maximum Gasteiger partial charge on any atom is 0.252 e. The Balaban J connectivity index is 2.04. The Morgan fingerprint density at radius 2 is 1.42 bits per heavy atom. The van der Waals surface area contributed by atoms with Gasteiger partial charge in [0.15, 0.2) is 5.11 Å². The SMILES string of the molecule is O=C(N[C@H](NC(=S)Nc1ccc(F)cc1)C(Cl)(Cl)Cl)c1ccc(F)cc1. The minimum Gasteiger partial charge on any atom is -0.339 e. The summed E-state index contributed by atoms with van der Waals surface area (Å²) < 4.78 is 23.9. The smallest absolute Gasteiger partial charge is 0.252 e. The second-order valence-corrected chi connectivity index (χ2v) is 7.84. The molecule has 0 aliphatic carbocycles. The zero-order valence-electron chi connectivity index (χ0n) is 12.9. The third-order valence-corrected chi connectivity index (χ3v) is 3.96. The van der Waals surface area contributed by atoms with Gasteiger partial charge in [-0.2, -0.15) is 0 Å². The van der Waals surface area contributed by atoms with E-state index in [1.807, 2.05) is 0 Å². The summed E-state index contributed by atoms with van der Waals surface area (Å²) in [6.45, 7) is 0. The number of hydrogen-bond donors (Lipinski definition) is 3. The zero-order valence-corrected chi connectivity index (χ0v) is 16.0. The van der Waals surface area contributed by atoms with E-state index in [1.165, 1.54) is 36.4 Å². The molecule has 2 aromatic carbocycles. The summed E-state index contributed by atoms with van der Waals surface area (Å²) >= 11 is 22.7. The third-order valence-electron chi connectivity index (χ3n) is 3.09. The molecule has 0 aliphatic rings. The molecule has 0 aromatic heterocycles. The van der Waals surface area contributed by atoms with Crippen molar-refractivity contribution < 1.29 is 13.6 Å². The molecular weight excluding hydrogens is 427 g/mol. The number of halogens is 5. The molecule has 1 atom stereocenters. The molecule has 0 radical (unpaired) electrons. The molecule has 0 heterocycles. The molecule has 0 saturated carbocycles. The maximum atomic E-state index is 12.9. The molecule has 0 fully saturated rings. The van der Waals surface area contributed by atoms with Crippen LogP contribution in [0.5, 0.6) is 0 Å². The highest BCUT2D eigenvalue weighted by Gasteiger charge is 2.34. The van der Waals surface area contributed by atoms with E-state index in [9.17, 15) is 13.6 Å². The highest BCUT2D eigenvalue weighted by Crippen LogP contribution is 2.29. The summed E-state index contributed by atoms with van der Waals surface area (Å²) in [6, 6.07) is 10.3. The highest BCUT2D eigenvalue weighted by molar-refractivity contribution is 7.80. The van der Waals surface area contributed by atoms with Crippen LogP contribution in [0.3, 0.4) is 0 Å². The highest BCUT2D eigenvalue weighted by atomic mass is 35.6. The monoisotopic (exact) mass is 437 g/mol. The average Bonchev–Trinajstić information content (AvgIpc) is 2.56. The van der Waals surface area contributed by atoms with E-state index in [1.54, 1.807) is 0 Å². The van der Waals surface area contributed by atoms with Gasteiger partial charge in [0.2, 0.25) is 3.79 Å². The fourth-order valence-electron chi connectivity index (χ4n) is 1.85. The summed E-state index contributed by atoms with van der Waals surface area (Å²) in [5.41, 5.74) is 0.668. The van der Waals surface area contributed by atoms with Gasteiger partial charge in [0.1, 0.15) is 17.8 Å². The van der Waals surface area contributed by atoms with E-state index < -0.39 is 27.5 Å². The van der Waals surface area contributed by atoms with Crippen LogP contribution in [0.1, 0.15) is 10.4 Å². The number of thiocarbonyl (C=S) groups is 1. The fourth-order valence-corrected chi connectivity index (χ4v) is 2.41. The molecule has 0 unspecified atom stereocenters. The van der Waals surface area contributed by atoms with Gasteiger partial charge in [-0.1, -0.05) is 34.8 Å². The van der Waals surface area contributed by atoms with Crippen molar-refractivity contribution in [2.45, 2.75) is 9.96 Å². The fraction of sp³-hybridized carbons (Fsp3) is 0.125. The number of anilines is 1. The Morgan fingerprint density at radius 1 is 0.923 bits per heavy atom. The molecule has 2 rings (SSSR count). The predicted molar refractivity (Wildman–Crippen MR) is 104 cm³/mol. The van der Waals surface area contributed by atoms with Crippen LogP contribution < -0.4 is 16.0 Å². The Kier molecular flexibility index (Phi) is 7.00. The molecule has 0 spiro atoms. The second-order valence-electron chi connectivity index (χ2n) is 5.06. The second kappa shape index (κ2) is 8.81. The normalized spacial score (nSPS) is 12.2. The van der Waals surface area contributed by atoms with E-state index in [0.29, 0.717) is 5.69 Å². The van der Waals surface area contributed by atoms with Crippen LogP contribution in [0.25, 0.3) is 0 Å². The van der Waals surface area contributed by atoms with Crippen LogP contribution in [0.15, 0.2) is 48.5 Å². The quantitative estimate of drug-likeness (QED) is 0.377. The Hall–Kier alpha value is -1.67. The van der Waals surface area contributed by atoms with Gasteiger partial charge in [-0.05, 0) is 60.7 Å². The molecule has 0 bridgehead atoms. The summed E-state index contributed by atoms with van der Waals surface area (Å²) in [6.07, 6.45) is -1.19. The third kappa shape index (κ3) is 6.25. The number of hydrogen-bond acceptors (Lipinski definition) is 2. The summed E-state index contributed by atoms with van der Waals surface area (Å²) in [7, 11) is 0. The predicted octanol–water partition coefficient (Wildman–Crippen LogP) is 4.38. The number of carbonyl (C=O) groups excluding carboxylic acids is 1. The lowest BCUT2D eigenvalue weighted by molar-refractivity contribution is 0.0934. The van der Waals surface area contributed by atoms with Crippen LogP contribution >= 0.6 is 47.0 Å². The minimum absolute atomic E-state index is 0.0346. The van der Waals surface area contributed by atoms with Crippen LogP contribution in [0, 0.1) is 11.6 Å². The van der Waals surface area contributed by atoms with Crippen molar-refractivity contribution in [3.05, 3.63) is 65.7 Å². The van der Waals surface area contributed by atoms with Gasteiger partial charge in [0.05, 0.1) is 0 Å². The van der Waals surface area contributed by atoms with Crippen molar-refractivity contribution in [1.82, 2.24) is 10.6 Å². The van der Waals surface area contributed by atoms with E-state index >= 15 is 0 Å². The topological polar surface area (TPSA) is 53.2 Å². The van der Waals surface area contributed by atoms with E-state index in [4.69, 9.17) is 47.0 Å². The van der Waals surface area contributed by atoms with E-state index in [0.717, 1.165) is 12.1 Å². The number of benzene rings is 2. The first-order valence-electron chi connectivity index (χ1n) is 7.11.